The van der Waals surface area contributed by atoms with E-state index < -0.39 is 18.5 Å². The molecule has 0 fully saturated rings. The van der Waals surface area contributed by atoms with Gasteiger partial charge in [0, 0.05) is 10.5 Å². The van der Waals surface area contributed by atoms with E-state index in [0.717, 1.165) is 4.47 Å². The lowest BCUT2D eigenvalue weighted by Gasteiger charge is -2.11. The van der Waals surface area contributed by atoms with Gasteiger partial charge < -0.3 is 19.5 Å². The Balaban J connectivity index is 1.98. The summed E-state index contributed by atoms with van der Waals surface area (Å²) in [4.78, 5) is 24.1. The molecule has 0 saturated carbocycles. The summed E-state index contributed by atoms with van der Waals surface area (Å²) >= 11 is 9.29. The van der Waals surface area contributed by atoms with Crippen molar-refractivity contribution in [3.05, 3.63) is 51.5 Å². The molecule has 1 amide bonds. The SMILES string of the molecule is COc1ccc(C(=O)OCC(=O)Nc2ccc(Br)cc2Cl)c(OC)c1. The van der Waals surface area contributed by atoms with E-state index in [1.54, 1.807) is 30.3 Å². The van der Waals surface area contributed by atoms with Crippen LogP contribution in [-0.2, 0) is 9.53 Å². The number of benzene rings is 2. The van der Waals surface area contributed by atoms with Crippen LogP contribution >= 0.6 is 27.5 Å². The number of halogens is 2. The standard InChI is InChI=1S/C17H15BrClNO5/c1-23-11-4-5-12(15(8-11)24-2)17(22)25-9-16(21)20-14-6-3-10(18)7-13(14)19/h3-8H,9H2,1-2H3,(H,20,21). The predicted octanol–water partition coefficient (Wildman–Crippen LogP) is 3.92. The first-order valence-electron chi connectivity index (χ1n) is 7.08. The lowest BCUT2D eigenvalue weighted by Crippen LogP contribution is -2.21. The van der Waals surface area contributed by atoms with Gasteiger partial charge in [-0.15, -0.1) is 0 Å². The van der Waals surface area contributed by atoms with E-state index in [2.05, 4.69) is 21.2 Å². The van der Waals surface area contributed by atoms with E-state index in [-0.39, 0.29) is 5.56 Å². The van der Waals surface area contributed by atoms with Crippen molar-refractivity contribution in [3.63, 3.8) is 0 Å². The van der Waals surface area contributed by atoms with Gasteiger partial charge in [0.1, 0.15) is 17.1 Å². The summed E-state index contributed by atoms with van der Waals surface area (Å²) in [5.74, 6) is -0.363. The van der Waals surface area contributed by atoms with Crippen LogP contribution in [0.5, 0.6) is 11.5 Å². The summed E-state index contributed by atoms with van der Waals surface area (Å²) in [6.45, 7) is -0.458. The molecule has 6 nitrogen and oxygen atoms in total. The maximum atomic E-state index is 12.1. The molecule has 0 radical (unpaired) electrons. The number of hydrogen-bond donors (Lipinski definition) is 1. The Hall–Kier alpha value is -2.25. The van der Waals surface area contributed by atoms with Crippen LogP contribution in [-0.4, -0.2) is 32.7 Å². The Labute approximate surface area is 158 Å². The third-order valence-corrected chi connectivity index (χ3v) is 3.97. The lowest BCUT2D eigenvalue weighted by atomic mass is 10.2. The number of amides is 1. The molecule has 0 heterocycles. The molecule has 0 atom stereocenters. The van der Waals surface area contributed by atoms with Gasteiger partial charge >= 0.3 is 5.97 Å². The Morgan fingerprint density at radius 1 is 1.12 bits per heavy atom. The van der Waals surface area contributed by atoms with Crippen LogP contribution in [0.2, 0.25) is 5.02 Å². The van der Waals surface area contributed by atoms with Gasteiger partial charge in [0.2, 0.25) is 0 Å². The molecule has 0 spiro atoms. The fraction of sp³-hybridized carbons (Fsp3) is 0.176. The molecule has 0 unspecified atom stereocenters. The number of esters is 1. The Morgan fingerprint density at radius 3 is 2.52 bits per heavy atom. The highest BCUT2D eigenvalue weighted by Gasteiger charge is 2.16. The quantitative estimate of drug-likeness (QED) is 0.706. The molecule has 25 heavy (non-hydrogen) atoms. The molecular formula is C17H15BrClNO5. The maximum absolute atomic E-state index is 12.1. The number of rotatable bonds is 6. The van der Waals surface area contributed by atoms with Crippen LogP contribution in [0.1, 0.15) is 10.4 Å². The van der Waals surface area contributed by atoms with Crippen LogP contribution in [0.3, 0.4) is 0 Å². The third-order valence-electron chi connectivity index (χ3n) is 3.17. The van der Waals surface area contributed by atoms with Gasteiger partial charge in [-0.05, 0) is 30.3 Å². The average molecular weight is 429 g/mol. The molecule has 0 aliphatic heterocycles. The average Bonchev–Trinajstić information content (AvgIpc) is 2.61. The second-order valence-corrected chi connectivity index (χ2v) is 6.14. The summed E-state index contributed by atoms with van der Waals surface area (Å²) in [6.07, 6.45) is 0. The van der Waals surface area contributed by atoms with E-state index >= 15 is 0 Å². The molecule has 8 heteroatoms. The Bertz CT molecular complexity index is 797. The number of anilines is 1. The van der Waals surface area contributed by atoms with Crippen molar-refractivity contribution in [1.29, 1.82) is 0 Å². The monoisotopic (exact) mass is 427 g/mol. The van der Waals surface area contributed by atoms with E-state index in [1.165, 1.54) is 20.3 Å². The van der Waals surface area contributed by atoms with Crippen molar-refractivity contribution < 1.29 is 23.8 Å². The van der Waals surface area contributed by atoms with Crippen molar-refractivity contribution in [2.75, 3.05) is 26.1 Å². The molecule has 2 aromatic rings. The van der Waals surface area contributed by atoms with Gasteiger partial charge in [-0.25, -0.2) is 4.79 Å². The minimum Gasteiger partial charge on any atom is -0.497 e. The summed E-state index contributed by atoms with van der Waals surface area (Å²) < 4.78 is 16.0. The molecular weight excluding hydrogens is 414 g/mol. The largest absolute Gasteiger partial charge is 0.497 e. The first-order chi connectivity index (χ1) is 11.9. The van der Waals surface area contributed by atoms with E-state index in [1.807, 2.05) is 0 Å². The van der Waals surface area contributed by atoms with Crippen LogP contribution in [0.15, 0.2) is 40.9 Å². The molecule has 2 rings (SSSR count). The van der Waals surface area contributed by atoms with E-state index in [4.69, 9.17) is 25.8 Å². The first kappa shape index (κ1) is 19.1. The Morgan fingerprint density at radius 2 is 1.88 bits per heavy atom. The van der Waals surface area contributed by atoms with Crippen molar-refractivity contribution in [1.82, 2.24) is 0 Å². The van der Waals surface area contributed by atoms with Crippen molar-refractivity contribution >= 4 is 45.1 Å². The zero-order chi connectivity index (χ0) is 18.4. The maximum Gasteiger partial charge on any atom is 0.342 e. The van der Waals surface area contributed by atoms with Crippen LogP contribution < -0.4 is 14.8 Å². The highest BCUT2D eigenvalue weighted by atomic mass is 79.9. The molecule has 1 N–H and O–H groups in total. The lowest BCUT2D eigenvalue weighted by molar-refractivity contribution is -0.119. The molecule has 0 bridgehead atoms. The van der Waals surface area contributed by atoms with Gasteiger partial charge in [-0.1, -0.05) is 27.5 Å². The molecule has 0 saturated heterocycles. The van der Waals surface area contributed by atoms with Gasteiger partial charge in [0.25, 0.3) is 5.91 Å². The van der Waals surface area contributed by atoms with Crippen LogP contribution in [0, 0.1) is 0 Å². The van der Waals surface area contributed by atoms with Crippen molar-refractivity contribution in [3.8, 4) is 11.5 Å². The highest BCUT2D eigenvalue weighted by molar-refractivity contribution is 9.10. The molecule has 0 aliphatic carbocycles. The van der Waals surface area contributed by atoms with Gasteiger partial charge in [0.05, 0.1) is 24.9 Å². The van der Waals surface area contributed by atoms with Crippen LogP contribution in [0.25, 0.3) is 0 Å². The molecule has 132 valence electrons. The minimum absolute atomic E-state index is 0.192. The Kier molecular flexibility index (Phi) is 6.66. The van der Waals surface area contributed by atoms with Gasteiger partial charge in [-0.3, -0.25) is 4.79 Å². The smallest absolute Gasteiger partial charge is 0.342 e. The van der Waals surface area contributed by atoms with Crippen molar-refractivity contribution in [2.45, 2.75) is 0 Å². The second kappa shape index (κ2) is 8.73. The summed E-state index contributed by atoms with van der Waals surface area (Å²) in [6, 6.07) is 9.67. The van der Waals surface area contributed by atoms with Gasteiger partial charge in [0.15, 0.2) is 6.61 Å². The first-order valence-corrected chi connectivity index (χ1v) is 8.25. The predicted molar refractivity (Wildman–Crippen MR) is 97.6 cm³/mol. The number of ether oxygens (including phenoxy) is 3. The number of carbonyl (C=O) groups is 2. The number of methoxy groups -OCH3 is 2. The summed E-state index contributed by atoms with van der Waals surface area (Å²) in [5.41, 5.74) is 0.616. The zero-order valence-electron chi connectivity index (χ0n) is 13.5. The summed E-state index contributed by atoms with van der Waals surface area (Å²) in [7, 11) is 2.93. The van der Waals surface area contributed by atoms with Crippen LogP contribution in [0.4, 0.5) is 5.69 Å². The molecule has 0 aromatic heterocycles. The molecule has 2 aromatic carbocycles. The second-order valence-electron chi connectivity index (χ2n) is 4.81. The fourth-order valence-electron chi connectivity index (χ4n) is 1.95. The van der Waals surface area contributed by atoms with Gasteiger partial charge in [-0.2, -0.15) is 0 Å². The molecule has 0 aliphatic rings. The zero-order valence-corrected chi connectivity index (χ0v) is 15.8. The third kappa shape index (κ3) is 5.11. The van der Waals surface area contributed by atoms with E-state index in [0.29, 0.717) is 22.2 Å². The summed E-state index contributed by atoms with van der Waals surface area (Å²) in [5, 5.41) is 2.94. The number of hydrogen-bond acceptors (Lipinski definition) is 5. The van der Waals surface area contributed by atoms with Crippen molar-refractivity contribution in [2.24, 2.45) is 0 Å². The highest BCUT2D eigenvalue weighted by Crippen LogP contribution is 2.26. The number of nitrogens with one attached hydrogen (secondary N) is 1. The fourth-order valence-corrected chi connectivity index (χ4v) is 2.67. The topological polar surface area (TPSA) is 73.9 Å². The normalized spacial score (nSPS) is 10.1. The number of carbonyl (C=O) groups excluding carboxylic acids is 2. The minimum atomic E-state index is -0.684. The van der Waals surface area contributed by atoms with E-state index in [9.17, 15) is 9.59 Å².